The molecule has 0 bridgehead atoms. The summed E-state index contributed by atoms with van der Waals surface area (Å²) < 4.78 is 24.0. The summed E-state index contributed by atoms with van der Waals surface area (Å²) in [6, 6.07) is 14.5. The fraction of sp³-hybridized carbons (Fsp3) is 0.190. The van der Waals surface area contributed by atoms with Gasteiger partial charge in [-0.2, -0.15) is 0 Å². The molecule has 0 saturated heterocycles. The molecule has 0 aliphatic heterocycles. The van der Waals surface area contributed by atoms with Gasteiger partial charge in [-0.1, -0.05) is 11.6 Å². The molecule has 3 aromatic rings. The Balaban J connectivity index is 1.42. The van der Waals surface area contributed by atoms with E-state index in [0.717, 1.165) is 11.3 Å². The minimum absolute atomic E-state index is 0.0663. The minimum Gasteiger partial charge on any atom is -0.494 e. The first-order chi connectivity index (χ1) is 14.5. The molecule has 1 aromatic heterocycles. The average molecular weight is 431 g/mol. The zero-order chi connectivity index (χ0) is 21.3. The van der Waals surface area contributed by atoms with Crippen molar-refractivity contribution >= 4 is 23.3 Å². The maximum Gasteiger partial charge on any atom is 0.319 e. The van der Waals surface area contributed by atoms with Crippen molar-refractivity contribution < 1.29 is 18.7 Å². The second kappa shape index (κ2) is 10.4. The molecule has 0 aliphatic carbocycles. The molecule has 0 aliphatic rings. The molecule has 0 radical (unpaired) electrons. The molecular formula is C21H20ClFN4O3. The summed E-state index contributed by atoms with van der Waals surface area (Å²) in [6.45, 7) is 2.99. The Bertz CT molecular complexity index is 985. The topological polar surface area (TPSA) is 85.4 Å². The average Bonchev–Trinajstić information content (AvgIpc) is 2.75. The third-order valence-electron chi connectivity index (χ3n) is 3.92. The molecule has 0 fully saturated rings. The molecule has 2 N–H and O–H groups in total. The fourth-order valence-electron chi connectivity index (χ4n) is 2.51. The number of carbonyl (C=O) groups is 1. The third-order valence-corrected chi connectivity index (χ3v) is 4.21. The summed E-state index contributed by atoms with van der Waals surface area (Å²) in [7, 11) is 0. The zero-order valence-corrected chi connectivity index (χ0v) is 16.9. The zero-order valence-electron chi connectivity index (χ0n) is 16.2. The number of urea groups is 1. The lowest BCUT2D eigenvalue weighted by Gasteiger charge is -2.09. The first-order valence-electron chi connectivity index (χ1n) is 9.25. The van der Waals surface area contributed by atoms with Gasteiger partial charge in [0.2, 0.25) is 5.88 Å². The second-order valence-electron chi connectivity index (χ2n) is 6.07. The van der Waals surface area contributed by atoms with Gasteiger partial charge in [-0.3, -0.25) is 0 Å². The van der Waals surface area contributed by atoms with Crippen LogP contribution in [0.15, 0.2) is 54.6 Å². The van der Waals surface area contributed by atoms with Crippen LogP contribution in [0.3, 0.4) is 0 Å². The quantitative estimate of drug-likeness (QED) is 0.512. The van der Waals surface area contributed by atoms with Crippen LogP contribution < -0.4 is 20.1 Å². The minimum atomic E-state index is -0.550. The molecule has 2 amide bonds. The van der Waals surface area contributed by atoms with Gasteiger partial charge in [0, 0.05) is 17.3 Å². The summed E-state index contributed by atoms with van der Waals surface area (Å²) in [5, 5.41) is 13.3. The van der Waals surface area contributed by atoms with E-state index in [0.29, 0.717) is 23.9 Å². The smallest absolute Gasteiger partial charge is 0.319 e. The number of aromatic nitrogens is 2. The number of hydrogen-bond acceptors (Lipinski definition) is 5. The Hall–Kier alpha value is -3.39. The molecule has 0 atom stereocenters. The van der Waals surface area contributed by atoms with Crippen LogP contribution in [0.25, 0.3) is 11.3 Å². The number of hydrogen-bond donors (Lipinski definition) is 2. The third kappa shape index (κ3) is 6.05. The van der Waals surface area contributed by atoms with E-state index in [4.69, 9.17) is 21.1 Å². The fourth-order valence-corrected chi connectivity index (χ4v) is 2.69. The summed E-state index contributed by atoms with van der Waals surface area (Å²) in [5.74, 6) is 0.594. The number of nitrogens with zero attached hydrogens (tertiary/aromatic N) is 2. The lowest BCUT2D eigenvalue weighted by atomic mass is 10.1. The highest BCUT2D eigenvalue weighted by atomic mass is 35.5. The Labute approximate surface area is 178 Å². The van der Waals surface area contributed by atoms with Gasteiger partial charge in [0.05, 0.1) is 23.9 Å². The van der Waals surface area contributed by atoms with E-state index in [1.807, 2.05) is 31.2 Å². The standard InChI is InChI=1S/C21H20ClFN4O3/c1-2-29-16-6-3-14(4-7-16)19-9-10-20(27-26-19)30-12-11-24-21(28)25-15-5-8-18(23)17(22)13-15/h3-10,13H,2,11-12H2,1H3,(H2,24,25,28). The van der Waals surface area contributed by atoms with Gasteiger partial charge in [-0.05, 0) is 55.5 Å². The molecule has 7 nitrogen and oxygen atoms in total. The molecule has 2 aromatic carbocycles. The van der Waals surface area contributed by atoms with Crippen molar-refractivity contribution in [3.63, 3.8) is 0 Å². The SMILES string of the molecule is CCOc1ccc(-c2ccc(OCCNC(=O)Nc3ccc(F)c(Cl)c3)nn2)cc1. The van der Waals surface area contributed by atoms with E-state index in [1.54, 1.807) is 12.1 Å². The maximum atomic E-state index is 13.1. The largest absolute Gasteiger partial charge is 0.494 e. The molecule has 1 heterocycles. The lowest BCUT2D eigenvalue weighted by molar-refractivity contribution is 0.246. The van der Waals surface area contributed by atoms with Gasteiger partial charge in [-0.15, -0.1) is 10.2 Å². The number of benzene rings is 2. The molecule has 0 saturated carbocycles. The summed E-state index contributed by atoms with van der Waals surface area (Å²) >= 11 is 5.68. The summed E-state index contributed by atoms with van der Waals surface area (Å²) in [6.07, 6.45) is 0. The van der Waals surface area contributed by atoms with Gasteiger partial charge < -0.3 is 20.1 Å². The van der Waals surface area contributed by atoms with Crippen molar-refractivity contribution in [2.75, 3.05) is 25.1 Å². The monoisotopic (exact) mass is 430 g/mol. The predicted octanol–water partition coefficient (Wildman–Crippen LogP) is 4.54. The summed E-state index contributed by atoms with van der Waals surface area (Å²) in [5.41, 5.74) is 2.01. The normalized spacial score (nSPS) is 10.4. The lowest BCUT2D eigenvalue weighted by Crippen LogP contribution is -2.32. The van der Waals surface area contributed by atoms with Crippen LogP contribution in [0.2, 0.25) is 5.02 Å². The Morgan fingerprint density at radius 1 is 1.07 bits per heavy atom. The highest BCUT2D eigenvalue weighted by molar-refractivity contribution is 6.31. The van der Waals surface area contributed by atoms with Crippen LogP contribution in [-0.2, 0) is 0 Å². The Kier molecular flexibility index (Phi) is 7.40. The number of halogens is 2. The van der Waals surface area contributed by atoms with Crippen molar-refractivity contribution in [3.8, 4) is 22.9 Å². The molecule has 3 rings (SSSR count). The van der Waals surface area contributed by atoms with E-state index < -0.39 is 11.8 Å². The van der Waals surface area contributed by atoms with E-state index in [2.05, 4.69) is 20.8 Å². The number of ether oxygens (including phenoxy) is 2. The molecule has 30 heavy (non-hydrogen) atoms. The first kappa shape index (κ1) is 21.3. The number of anilines is 1. The van der Waals surface area contributed by atoms with Crippen molar-refractivity contribution in [2.45, 2.75) is 6.92 Å². The van der Waals surface area contributed by atoms with E-state index in [1.165, 1.54) is 18.2 Å². The van der Waals surface area contributed by atoms with Crippen LogP contribution in [0, 0.1) is 5.82 Å². The van der Waals surface area contributed by atoms with Gasteiger partial charge >= 0.3 is 6.03 Å². The molecular weight excluding hydrogens is 411 g/mol. The van der Waals surface area contributed by atoms with E-state index in [9.17, 15) is 9.18 Å². The van der Waals surface area contributed by atoms with Crippen molar-refractivity contribution in [2.24, 2.45) is 0 Å². The van der Waals surface area contributed by atoms with Crippen LogP contribution in [0.1, 0.15) is 6.92 Å². The molecule has 0 spiro atoms. The van der Waals surface area contributed by atoms with Gasteiger partial charge in [0.15, 0.2) is 0 Å². The van der Waals surface area contributed by atoms with Crippen molar-refractivity contribution in [1.82, 2.24) is 15.5 Å². The van der Waals surface area contributed by atoms with Crippen molar-refractivity contribution in [3.05, 3.63) is 65.4 Å². The van der Waals surface area contributed by atoms with Crippen LogP contribution in [-0.4, -0.2) is 36.0 Å². The Morgan fingerprint density at radius 2 is 1.87 bits per heavy atom. The highest BCUT2D eigenvalue weighted by Gasteiger charge is 2.06. The van der Waals surface area contributed by atoms with Crippen LogP contribution in [0.5, 0.6) is 11.6 Å². The molecule has 9 heteroatoms. The van der Waals surface area contributed by atoms with Crippen molar-refractivity contribution in [1.29, 1.82) is 0 Å². The van der Waals surface area contributed by atoms with Crippen LogP contribution >= 0.6 is 11.6 Å². The second-order valence-corrected chi connectivity index (χ2v) is 6.48. The highest BCUT2D eigenvalue weighted by Crippen LogP contribution is 2.21. The first-order valence-corrected chi connectivity index (χ1v) is 9.62. The molecule has 156 valence electrons. The number of rotatable bonds is 8. The number of nitrogens with one attached hydrogen (secondary N) is 2. The Morgan fingerprint density at radius 3 is 2.53 bits per heavy atom. The maximum absolute atomic E-state index is 13.1. The van der Waals surface area contributed by atoms with Gasteiger partial charge in [0.25, 0.3) is 0 Å². The summed E-state index contributed by atoms with van der Waals surface area (Å²) in [4.78, 5) is 11.8. The van der Waals surface area contributed by atoms with Gasteiger partial charge in [0.1, 0.15) is 18.2 Å². The number of amides is 2. The van der Waals surface area contributed by atoms with Gasteiger partial charge in [-0.25, -0.2) is 9.18 Å². The predicted molar refractivity (Wildman–Crippen MR) is 113 cm³/mol. The molecule has 0 unspecified atom stereocenters. The van der Waals surface area contributed by atoms with Crippen LogP contribution in [0.4, 0.5) is 14.9 Å². The van der Waals surface area contributed by atoms with E-state index >= 15 is 0 Å². The van der Waals surface area contributed by atoms with E-state index in [-0.39, 0.29) is 18.2 Å². The number of carbonyl (C=O) groups excluding carboxylic acids is 1.